The number of aromatic nitrogens is 1. The number of anilines is 1. The maximum atomic E-state index is 12.4. The van der Waals surface area contributed by atoms with E-state index in [1.807, 2.05) is 20.8 Å². The lowest BCUT2D eigenvalue weighted by atomic mass is 9.89. The number of aryl methyl sites for hydroxylation is 2. The molecule has 2 aromatic rings. The molecule has 1 aromatic carbocycles. The standard InChI is InChI=1S/C21H29N3O2/c1-5-17(16-11-10-14-8-6-7-9-15(14)12-16)22-20(25)23-19-13-18(26-24-19)21(2,3)4/h10-13,17H,5-9H2,1-4H3,(H2,22,23,24,25). The Labute approximate surface area is 155 Å². The molecule has 1 aliphatic carbocycles. The summed E-state index contributed by atoms with van der Waals surface area (Å²) in [5.74, 6) is 1.18. The smallest absolute Gasteiger partial charge is 0.320 e. The minimum atomic E-state index is -0.261. The van der Waals surface area contributed by atoms with Gasteiger partial charge in [-0.25, -0.2) is 4.79 Å². The molecule has 1 heterocycles. The average Bonchev–Trinajstić information content (AvgIpc) is 3.08. The van der Waals surface area contributed by atoms with Crippen molar-refractivity contribution in [3.8, 4) is 0 Å². The number of urea groups is 1. The van der Waals surface area contributed by atoms with Crippen molar-refractivity contribution in [2.24, 2.45) is 0 Å². The molecule has 0 saturated carbocycles. The van der Waals surface area contributed by atoms with Crippen LogP contribution in [-0.2, 0) is 18.3 Å². The lowest BCUT2D eigenvalue weighted by Crippen LogP contribution is -2.32. The SMILES string of the molecule is CCC(NC(=O)Nc1cc(C(C)(C)C)on1)c1ccc2c(c1)CCCC2. The molecule has 0 aliphatic heterocycles. The molecule has 2 N–H and O–H groups in total. The molecule has 1 aromatic heterocycles. The Kier molecular flexibility index (Phi) is 5.35. The summed E-state index contributed by atoms with van der Waals surface area (Å²) < 4.78 is 5.32. The average molecular weight is 355 g/mol. The molecule has 1 unspecified atom stereocenters. The van der Waals surface area contributed by atoms with Crippen LogP contribution in [0.15, 0.2) is 28.8 Å². The van der Waals surface area contributed by atoms with Crippen molar-refractivity contribution in [1.82, 2.24) is 10.5 Å². The third-order valence-corrected chi connectivity index (χ3v) is 4.98. The lowest BCUT2D eigenvalue weighted by molar-refractivity contribution is 0.248. The lowest BCUT2D eigenvalue weighted by Gasteiger charge is -2.21. The molecule has 26 heavy (non-hydrogen) atoms. The fraction of sp³-hybridized carbons (Fsp3) is 0.524. The fourth-order valence-corrected chi connectivity index (χ4v) is 3.39. The Balaban J connectivity index is 1.66. The van der Waals surface area contributed by atoms with Gasteiger partial charge in [0, 0.05) is 11.5 Å². The van der Waals surface area contributed by atoms with E-state index < -0.39 is 0 Å². The van der Waals surface area contributed by atoms with Crippen LogP contribution in [0.25, 0.3) is 0 Å². The second-order valence-electron chi connectivity index (χ2n) is 8.12. The number of hydrogen-bond donors (Lipinski definition) is 2. The van der Waals surface area contributed by atoms with Gasteiger partial charge in [0.05, 0.1) is 6.04 Å². The summed E-state index contributed by atoms with van der Waals surface area (Å²) >= 11 is 0. The topological polar surface area (TPSA) is 67.2 Å². The van der Waals surface area contributed by atoms with Crippen LogP contribution in [0.3, 0.4) is 0 Å². The molecule has 0 fully saturated rings. The van der Waals surface area contributed by atoms with E-state index in [9.17, 15) is 4.79 Å². The van der Waals surface area contributed by atoms with Gasteiger partial charge in [0.2, 0.25) is 0 Å². The minimum absolute atomic E-state index is 0.0174. The predicted octanol–water partition coefficient (Wildman–Crippen LogP) is 5.12. The first kappa shape index (κ1) is 18.5. The number of amides is 2. The maximum Gasteiger partial charge on any atom is 0.320 e. The zero-order chi connectivity index (χ0) is 18.7. The number of fused-ring (bicyclic) bond motifs is 1. The largest absolute Gasteiger partial charge is 0.359 e. The summed E-state index contributed by atoms with van der Waals surface area (Å²) in [4.78, 5) is 12.4. The Bertz CT molecular complexity index is 774. The molecule has 0 radical (unpaired) electrons. The van der Waals surface area contributed by atoms with E-state index in [0.29, 0.717) is 5.82 Å². The number of nitrogens with zero attached hydrogens (tertiary/aromatic N) is 1. The summed E-state index contributed by atoms with van der Waals surface area (Å²) in [6.45, 7) is 8.21. The van der Waals surface area contributed by atoms with Crippen LogP contribution in [0, 0.1) is 0 Å². The molecule has 3 rings (SSSR count). The van der Waals surface area contributed by atoms with E-state index in [2.05, 4.69) is 40.9 Å². The molecule has 1 aliphatic rings. The molecule has 140 valence electrons. The monoisotopic (exact) mass is 355 g/mol. The molecular formula is C21H29N3O2. The van der Waals surface area contributed by atoms with E-state index in [-0.39, 0.29) is 17.5 Å². The van der Waals surface area contributed by atoms with Crippen molar-refractivity contribution in [2.75, 3.05) is 5.32 Å². The quantitative estimate of drug-likeness (QED) is 0.799. The zero-order valence-electron chi connectivity index (χ0n) is 16.2. The van der Waals surface area contributed by atoms with Gasteiger partial charge in [-0.2, -0.15) is 0 Å². The van der Waals surface area contributed by atoms with Gasteiger partial charge in [-0.05, 0) is 48.8 Å². The van der Waals surface area contributed by atoms with Crippen LogP contribution >= 0.6 is 0 Å². The number of nitrogens with one attached hydrogen (secondary N) is 2. The van der Waals surface area contributed by atoms with Gasteiger partial charge in [0.1, 0.15) is 5.76 Å². The van der Waals surface area contributed by atoms with E-state index in [0.717, 1.165) is 18.6 Å². The first-order valence-electron chi connectivity index (χ1n) is 9.53. The van der Waals surface area contributed by atoms with Crippen molar-refractivity contribution in [3.05, 3.63) is 46.7 Å². The minimum Gasteiger partial charge on any atom is -0.359 e. The Morgan fingerprint density at radius 2 is 1.92 bits per heavy atom. The van der Waals surface area contributed by atoms with Crippen molar-refractivity contribution >= 4 is 11.8 Å². The number of carbonyl (C=O) groups is 1. The molecule has 0 bridgehead atoms. The van der Waals surface area contributed by atoms with Crippen LogP contribution < -0.4 is 10.6 Å². The van der Waals surface area contributed by atoms with Crippen molar-refractivity contribution in [2.45, 2.75) is 71.3 Å². The van der Waals surface area contributed by atoms with Crippen LogP contribution in [0.2, 0.25) is 0 Å². The van der Waals surface area contributed by atoms with Gasteiger partial charge in [-0.3, -0.25) is 5.32 Å². The van der Waals surface area contributed by atoms with Crippen molar-refractivity contribution < 1.29 is 9.32 Å². The van der Waals surface area contributed by atoms with Gasteiger partial charge in [0.15, 0.2) is 5.82 Å². The molecule has 2 amide bonds. The molecule has 5 heteroatoms. The highest BCUT2D eigenvalue weighted by molar-refractivity contribution is 5.88. The Morgan fingerprint density at radius 1 is 1.19 bits per heavy atom. The van der Waals surface area contributed by atoms with E-state index in [4.69, 9.17) is 4.52 Å². The normalized spacial score (nSPS) is 15.2. The highest BCUT2D eigenvalue weighted by Gasteiger charge is 2.21. The second-order valence-corrected chi connectivity index (χ2v) is 8.12. The van der Waals surface area contributed by atoms with Gasteiger partial charge in [-0.15, -0.1) is 0 Å². The highest BCUT2D eigenvalue weighted by atomic mass is 16.5. The first-order valence-corrected chi connectivity index (χ1v) is 9.53. The van der Waals surface area contributed by atoms with Crippen LogP contribution in [0.5, 0.6) is 0 Å². The summed E-state index contributed by atoms with van der Waals surface area (Å²) in [6.07, 6.45) is 5.67. The van der Waals surface area contributed by atoms with Crippen molar-refractivity contribution in [3.63, 3.8) is 0 Å². The fourth-order valence-electron chi connectivity index (χ4n) is 3.39. The Hall–Kier alpha value is -2.30. The van der Waals surface area contributed by atoms with Gasteiger partial charge in [-0.1, -0.05) is 51.1 Å². The summed E-state index contributed by atoms with van der Waals surface area (Å²) in [6, 6.07) is 8.13. The molecule has 0 saturated heterocycles. The molecule has 1 atom stereocenters. The van der Waals surface area contributed by atoms with Crippen LogP contribution in [0.4, 0.5) is 10.6 Å². The number of benzene rings is 1. The third kappa shape index (κ3) is 4.26. The Morgan fingerprint density at radius 3 is 2.58 bits per heavy atom. The summed E-state index contributed by atoms with van der Waals surface area (Å²) in [7, 11) is 0. The third-order valence-electron chi connectivity index (χ3n) is 4.98. The van der Waals surface area contributed by atoms with Gasteiger partial charge < -0.3 is 9.84 Å². The van der Waals surface area contributed by atoms with Crippen LogP contribution in [0.1, 0.15) is 75.4 Å². The second kappa shape index (κ2) is 7.52. The molecular weight excluding hydrogens is 326 g/mol. The first-order chi connectivity index (χ1) is 12.4. The van der Waals surface area contributed by atoms with E-state index in [1.165, 1.54) is 36.0 Å². The molecule has 5 nitrogen and oxygen atoms in total. The predicted molar refractivity (Wildman–Crippen MR) is 103 cm³/mol. The maximum absolute atomic E-state index is 12.4. The van der Waals surface area contributed by atoms with Crippen molar-refractivity contribution in [1.29, 1.82) is 0 Å². The van der Waals surface area contributed by atoms with Gasteiger partial charge in [0.25, 0.3) is 0 Å². The number of carbonyl (C=O) groups excluding carboxylic acids is 1. The molecule has 0 spiro atoms. The van der Waals surface area contributed by atoms with Crippen LogP contribution in [-0.4, -0.2) is 11.2 Å². The zero-order valence-corrected chi connectivity index (χ0v) is 16.2. The summed E-state index contributed by atoms with van der Waals surface area (Å²) in [5, 5.41) is 9.77. The number of hydrogen-bond acceptors (Lipinski definition) is 3. The van der Waals surface area contributed by atoms with E-state index in [1.54, 1.807) is 6.07 Å². The summed E-state index contributed by atoms with van der Waals surface area (Å²) in [5.41, 5.74) is 3.91. The number of rotatable bonds is 4. The highest BCUT2D eigenvalue weighted by Crippen LogP contribution is 2.27. The van der Waals surface area contributed by atoms with Gasteiger partial charge >= 0.3 is 6.03 Å². The van der Waals surface area contributed by atoms with E-state index >= 15 is 0 Å².